The zero-order valence-corrected chi connectivity index (χ0v) is 28.9. The molecule has 0 spiro atoms. The predicted molar refractivity (Wildman–Crippen MR) is 158 cm³/mol. The number of rotatable bonds is 4. The third-order valence-electron chi connectivity index (χ3n) is 7.71. The minimum Gasteiger partial charge on any atom is -1.00 e. The van der Waals surface area contributed by atoms with Crippen LogP contribution < -0.4 is 35.0 Å². The molecule has 2 aromatic carbocycles. The maximum Gasteiger partial charge on any atom is 4.00 e. The molecule has 0 heterocycles. The van der Waals surface area contributed by atoms with E-state index in [1.54, 1.807) is 12.4 Å². The van der Waals surface area contributed by atoms with Gasteiger partial charge in [-0.3, -0.25) is 9.98 Å². The van der Waals surface area contributed by atoms with Crippen LogP contribution in [0.2, 0.25) is 0 Å². The van der Waals surface area contributed by atoms with Crippen molar-refractivity contribution in [1.82, 2.24) is 0 Å². The van der Waals surface area contributed by atoms with E-state index in [1.807, 2.05) is 36.4 Å². The Balaban J connectivity index is 0.000000727. The number of halogens is 2. The van der Waals surface area contributed by atoms with E-state index in [4.69, 9.17) is 0 Å². The molecule has 224 valence electrons. The predicted octanol–water partition coefficient (Wildman–Crippen LogP) is 1.62. The van der Waals surface area contributed by atoms with Gasteiger partial charge in [-0.2, -0.15) is 0 Å². The zero-order chi connectivity index (χ0) is 27.8. The molecule has 2 aliphatic carbocycles. The molecule has 0 atom stereocenters. The Morgan fingerprint density at radius 2 is 0.902 bits per heavy atom. The second kappa shape index (κ2) is 18.4. The van der Waals surface area contributed by atoms with Crippen LogP contribution in [0, 0.1) is 0 Å². The molecular weight excluding hydrogens is 587 g/mol. The number of hydrogen-bond donors (Lipinski definition) is 0. The van der Waals surface area contributed by atoms with E-state index >= 15 is 0 Å². The molecule has 2 saturated carbocycles. The van der Waals surface area contributed by atoms with Gasteiger partial charge in [0.2, 0.25) is 0 Å². The third kappa shape index (κ3) is 12.4. The van der Waals surface area contributed by atoms with E-state index in [-0.39, 0.29) is 68.9 Å². The fraction of sp³-hybridized carbons (Fsp3) is 0.588. The second-order valence-corrected chi connectivity index (χ2v) is 13.1. The van der Waals surface area contributed by atoms with Crippen LogP contribution in [0.4, 0.5) is 0 Å². The first-order valence-electron chi connectivity index (χ1n) is 14.6. The van der Waals surface area contributed by atoms with Crippen LogP contribution in [-0.4, -0.2) is 24.5 Å². The molecule has 7 heteroatoms. The maximum absolute atomic E-state index is 12.4. The second-order valence-electron chi connectivity index (χ2n) is 13.1. The van der Waals surface area contributed by atoms with Gasteiger partial charge in [-0.15, -0.1) is 0 Å². The monoisotopic (exact) mass is 634 g/mol. The van der Waals surface area contributed by atoms with Gasteiger partial charge in [0.15, 0.2) is 0 Å². The molecule has 4 nitrogen and oxygen atoms in total. The fourth-order valence-corrected chi connectivity index (χ4v) is 5.33. The summed E-state index contributed by atoms with van der Waals surface area (Å²) in [6, 6.07) is 12.4. The molecule has 0 bridgehead atoms. The first-order valence-corrected chi connectivity index (χ1v) is 14.6. The van der Waals surface area contributed by atoms with Crippen molar-refractivity contribution in [3.63, 3.8) is 0 Å². The number of nitrogens with zero attached hydrogens (tertiary/aromatic N) is 2. The number of aliphatic imine (C=N–C) groups is 2. The van der Waals surface area contributed by atoms with E-state index in [9.17, 15) is 10.2 Å². The topological polar surface area (TPSA) is 70.8 Å². The van der Waals surface area contributed by atoms with Crippen LogP contribution in [0.15, 0.2) is 46.4 Å². The van der Waals surface area contributed by atoms with E-state index in [0.717, 1.165) is 22.3 Å². The van der Waals surface area contributed by atoms with Gasteiger partial charge >= 0.3 is 21.7 Å². The van der Waals surface area contributed by atoms with Crippen molar-refractivity contribution >= 4 is 12.4 Å². The number of benzene rings is 2. The Kier molecular flexibility index (Phi) is 17.8. The summed E-state index contributed by atoms with van der Waals surface area (Å²) in [6.07, 6.45) is 16.0. The van der Waals surface area contributed by atoms with Crippen molar-refractivity contribution < 1.29 is 56.7 Å². The Hall–Kier alpha value is -1.33. The molecule has 0 N–H and O–H groups in total. The first-order chi connectivity index (χ1) is 18.0. The van der Waals surface area contributed by atoms with E-state index in [2.05, 4.69) is 51.5 Å². The van der Waals surface area contributed by atoms with Crippen molar-refractivity contribution in [2.24, 2.45) is 9.98 Å². The van der Waals surface area contributed by atoms with Gasteiger partial charge in [0.25, 0.3) is 0 Å². The van der Waals surface area contributed by atoms with Crippen LogP contribution in [-0.2, 0) is 32.5 Å². The van der Waals surface area contributed by atoms with Gasteiger partial charge in [-0.25, -0.2) is 0 Å². The number of para-hydroxylation sites is 2. The molecule has 0 radical (unpaired) electrons. The van der Waals surface area contributed by atoms with Gasteiger partial charge in [0.1, 0.15) is 0 Å². The van der Waals surface area contributed by atoms with Crippen LogP contribution in [0.3, 0.4) is 0 Å². The molecule has 0 saturated heterocycles. The Labute approximate surface area is 276 Å². The largest absolute Gasteiger partial charge is 4.00 e. The summed E-state index contributed by atoms with van der Waals surface area (Å²) in [5, 5.41) is 24.8. The van der Waals surface area contributed by atoms with Crippen LogP contribution in [0.5, 0.6) is 11.5 Å². The average Bonchev–Trinajstić information content (AvgIpc) is 2.88. The summed E-state index contributed by atoms with van der Waals surface area (Å²) in [5.41, 5.74) is 3.01. The van der Waals surface area contributed by atoms with Gasteiger partial charge in [-0.1, -0.05) is 128 Å². The van der Waals surface area contributed by atoms with E-state index < -0.39 is 0 Å². The molecular formula is C34H48Cl2N2O2Ti. The van der Waals surface area contributed by atoms with Gasteiger partial charge in [0, 0.05) is 24.5 Å². The van der Waals surface area contributed by atoms with Crippen LogP contribution in [0.1, 0.15) is 128 Å². The fourth-order valence-electron chi connectivity index (χ4n) is 5.33. The Morgan fingerprint density at radius 1 is 0.585 bits per heavy atom. The molecule has 2 fully saturated rings. The molecule has 0 unspecified atom stereocenters. The van der Waals surface area contributed by atoms with E-state index in [1.165, 1.54) is 64.2 Å². The summed E-state index contributed by atoms with van der Waals surface area (Å²) in [4.78, 5) is 9.22. The summed E-state index contributed by atoms with van der Waals surface area (Å²) in [6.45, 7) is 12.5. The third-order valence-corrected chi connectivity index (χ3v) is 7.71. The van der Waals surface area contributed by atoms with Crippen molar-refractivity contribution in [3.05, 3.63) is 58.7 Å². The SMILES string of the molecule is CC(C)(C)c1cccc(/C=N/C2CCCCC2)c1[O-].CC(C)(C)c1cccc(/C=N/C2CCCCC2)c1[O-].[Cl-].[Cl-].[Ti+4]. The molecule has 41 heavy (non-hydrogen) atoms. The standard InChI is InChI=1S/2C17H25NO.2ClH.Ti/c2*1-17(2,3)15-11-7-8-13(16(15)19)12-18-14-9-5-4-6-10-14;;;/h2*7-8,11-12,14,19H,4-6,9-10H2,1-3H3;2*1H;/q;;;;+4/p-4/b2*18-12+;;;. The van der Waals surface area contributed by atoms with Crippen molar-refractivity contribution in [1.29, 1.82) is 0 Å². The summed E-state index contributed by atoms with van der Waals surface area (Å²) >= 11 is 0. The zero-order valence-electron chi connectivity index (χ0n) is 25.8. The van der Waals surface area contributed by atoms with Gasteiger partial charge < -0.3 is 35.0 Å². The van der Waals surface area contributed by atoms with Crippen molar-refractivity contribution in [3.8, 4) is 11.5 Å². The van der Waals surface area contributed by atoms with Crippen LogP contribution in [0.25, 0.3) is 0 Å². The molecule has 0 aliphatic heterocycles. The van der Waals surface area contributed by atoms with Crippen molar-refractivity contribution in [2.75, 3.05) is 0 Å². The molecule has 2 aromatic rings. The Bertz CT molecular complexity index is 1010. The molecule has 2 aliphatic rings. The summed E-state index contributed by atoms with van der Waals surface area (Å²) in [7, 11) is 0. The minimum absolute atomic E-state index is 0. The quantitative estimate of drug-likeness (QED) is 0.379. The van der Waals surface area contributed by atoms with Crippen molar-refractivity contribution in [2.45, 2.75) is 129 Å². The first kappa shape index (κ1) is 39.7. The normalized spacial score (nSPS) is 16.7. The summed E-state index contributed by atoms with van der Waals surface area (Å²) in [5.74, 6) is 0.268. The molecule has 0 aromatic heterocycles. The summed E-state index contributed by atoms with van der Waals surface area (Å²) < 4.78 is 0. The minimum atomic E-state index is -0.105. The van der Waals surface area contributed by atoms with Gasteiger partial charge in [-0.05, 0) is 58.8 Å². The van der Waals surface area contributed by atoms with Gasteiger partial charge in [0.05, 0.1) is 0 Å². The Morgan fingerprint density at radius 3 is 1.20 bits per heavy atom. The smallest absolute Gasteiger partial charge is 1.00 e. The maximum atomic E-state index is 12.4. The molecule has 0 amide bonds. The molecule has 4 rings (SSSR count). The average molecular weight is 636 g/mol. The van der Waals surface area contributed by atoms with Crippen LogP contribution >= 0.6 is 0 Å². The van der Waals surface area contributed by atoms with E-state index in [0.29, 0.717) is 12.1 Å². The number of hydrogen-bond acceptors (Lipinski definition) is 4.